The van der Waals surface area contributed by atoms with Crippen LogP contribution in [-0.2, 0) is 25.5 Å². The van der Waals surface area contributed by atoms with Gasteiger partial charge in [-0.3, -0.25) is 9.59 Å². The third-order valence-electron chi connectivity index (χ3n) is 5.10. The summed E-state index contributed by atoms with van der Waals surface area (Å²) in [5, 5.41) is 5.69. The number of aryl methyl sites for hydroxylation is 1. The van der Waals surface area contributed by atoms with Crippen molar-refractivity contribution < 1.29 is 23.8 Å². The number of benzene rings is 2. The molecule has 2 aromatic rings. The Morgan fingerprint density at radius 3 is 2.58 bits per heavy atom. The van der Waals surface area contributed by atoms with E-state index < -0.39 is 5.97 Å². The van der Waals surface area contributed by atoms with Crippen molar-refractivity contribution in [3.8, 4) is 5.75 Å². The minimum atomic E-state index is -0.393. The van der Waals surface area contributed by atoms with Gasteiger partial charge in [0.15, 0.2) is 5.11 Å². The lowest BCUT2D eigenvalue weighted by molar-refractivity contribution is -0.145. The molecule has 1 saturated heterocycles. The van der Waals surface area contributed by atoms with Crippen LogP contribution in [0.2, 0.25) is 0 Å². The second-order valence-electron chi connectivity index (χ2n) is 7.78. The summed E-state index contributed by atoms with van der Waals surface area (Å²) in [7, 11) is 0. The molecule has 2 N–H and O–H groups in total. The molecule has 1 amide bonds. The predicted molar refractivity (Wildman–Crippen MR) is 130 cm³/mol. The van der Waals surface area contributed by atoms with Crippen LogP contribution in [0.25, 0.3) is 0 Å². The van der Waals surface area contributed by atoms with Crippen LogP contribution in [0.3, 0.4) is 0 Å². The highest BCUT2D eigenvalue weighted by Gasteiger charge is 2.16. The quantitative estimate of drug-likeness (QED) is 0.291. The van der Waals surface area contributed by atoms with Gasteiger partial charge in [0.2, 0.25) is 5.91 Å². The molecule has 0 radical (unpaired) electrons. The average Bonchev–Trinajstić information content (AvgIpc) is 3.34. The van der Waals surface area contributed by atoms with Crippen molar-refractivity contribution in [1.82, 2.24) is 5.32 Å². The van der Waals surface area contributed by atoms with Crippen LogP contribution in [0.4, 0.5) is 5.69 Å². The fraction of sp³-hybridized carbons (Fsp3) is 0.400. The van der Waals surface area contributed by atoms with Crippen molar-refractivity contribution in [2.24, 2.45) is 0 Å². The third-order valence-corrected chi connectivity index (χ3v) is 5.30. The van der Waals surface area contributed by atoms with E-state index in [0.717, 1.165) is 43.7 Å². The van der Waals surface area contributed by atoms with Crippen molar-refractivity contribution in [1.29, 1.82) is 0 Å². The van der Waals surface area contributed by atoms with Gasteiger partial charge in [-0.25, -0.2) is 0 Å². The summed E-state index contributed by atoms with van der Waals surface area (Å²) in [4.78, 5) is 23.9. The monoisotopic (exact) mass is 470 g/mol. The summed E-state index contributed by atoms with van der Waals surface area (Å²) in [6.07, 6.45) is 3.88. The molecular weight excluding hydrogens is 440 g/mol. The molecule has 1 fully saturated rings. The topological polar surface area (TPSA) is 85.9 Å². The molecule has 0 aromatic heterocycles. The first-order chi connectivity index (χ1) is 16.1. The Kier molecular flexibility index (Phi) is 10.1. The predicted octanol–water partition coefficient (Wildman–Crippen LogP) is 4.01. The maximum Gasteiger partial charge on any atom is 0.306 e. The van der Waals surface area contributed by atoms with Gasteiger partial charge in [0.1, 0.15) is 12.4 Å². The molecule has 1 atom stereocenters. The summed E-state index contributed by atoms with van der Waals surface area (Å²) in [5.41, 5.74) is 1.93. The van der Waals surface area contributed by atoms with Gasteiger partial charge < -0.3 is 24.8 Å². The number of carbonyl (C=O) groups excluding carboxylic acids is 2. The molecule has 0 saturated carbocycles. The zero-order valence-electron chi connectivity index (χ0n) is 18.6. The van der Waals surface area contributed by atoms with E-state index in [1.807, 2.05) is 54.6 Å². The fourth-order valence-electron chi connectivity index (χ4n) is 3.35. The maximum absolute atomic E-state index is 12.1. The molecule has 3 rings (SSSR count). The van der Waals surface area contributed by atoms with E-state index >= 15 is 0 Å². The molecule has 1 heterocycles. The summed E-state index contributed by atoms with van der Waals surface area (Å²) < 4.78 is 16.5. The lowest BCUT2D eigenvalue weighted by atomic mass is 10.1. The van der Waals surface area contributed by atoms with E-state index in [2.05, 4.69) is 10.6 Å². The molecule has 7 nitrogen and oxygen atoms in total. The average molecular weight is 471 g/mol. The molecule has 0 aliphatic carbocycles. The van der Waals surface area contributed by atoms with Gasteiger partial charge >= 0.3 is 5.97 Å². The molecule has 8 heteroatoms. The lowest BCUT2D eigenvalue weighted by Gasteiger charge is -2.13. The molecule has 176 valence electrons. The number of anilines is 1. The molecule has 0 spiro atoms. The smallest absolute Gasteiger partial charge is 0.306 e. The zero-order chi connectivity index (χ0) is 23.3. The van der Waals surface area contributed by atoms with Crippen LogP contribution in [0.5, 0.6) is 5.75 Å². The third kappa shape index (κ3) is 9.59. The van der Waals surface area contributed by atoms with E-state index in [1.165, 1.54) is 5.56 Å². The molecule has 2 aromatic carbocycles. The highest BCUT2D eigenvalue weighted by Crippen LogP contribution is 2.18. The van der Waals surface area contributed by atoms with Crippen molar-refractivity contribution in [2.75, 3.05) is 25.1 Å². The minimum Gasteiger partial charge on any atom is -0.491 e. The Hall–Kier alpha value is -2.97. The van der Waals surface area contributed by atoms with Crippen molar-refractivity contribution >= 4 is 34.9 Å². The van der Waals surface area contributed by atoms with Crippen LogP contribution >= 0.6 is 12.2 Å². The second kappa shape index (κ2) is 13.5. The molecule has 0 bridgehead atoms. The van der Waals surface area contributed by atoms with Gasteiger partial charge in [-0.1, -0.05) is 30.3 Å². The number of esters is 1. The van der Waals surface area contributed by atoms with Crippen molar-refractivity contribution in [2.45, 2.75) is 44.6 Å². The summed E-state index contributed by atoms with van der Waals surface area (Å²) in [6.45, 7) is 1.68. The first-order valence-corrected chi connectivity index (χ1v) is 11.6. The van der Waals surface area contributed by atoms with Crippen molar-refractivity contribution in [3.05, 3.63) is 60.2 Å². The van der Waals surface area contributed by atoms with E-state index in [4.69, 9.17) is 26.4 Å². The normalized spacial score (nSPS) is 15.0. The van der Waals surface area contributed by atoms with Gasteiger partial charge in [0.25, 0.3) is 0 Å². The van der Waals surface area contributed by atoms with Gasteiger partial charge in [-0.05, 0) is 67.7 Å². The molecule has 33 heavy (non-hydrogen) atoms. The summed E-state index contributed by atoms with van der Waals surface area (Å²) in [6, 6.07) is 17.3. The Bertz CT molecular complexity index is 899. The summed E-state index contributed by atoms with van der Waals surface area (Å²) in [5.74, 6) is 0.00854. The standard InChI is InChI=1S/C25H30N2O5S/c28-23(14-15-24(29)31-17-4-8-19-6-2-1-3-7-19)27-25(33)26-20-10-12-21(13-11-20)32-18-22-9-5-16-30-22/h1-3,6-7,10-13,22H,4-5,8-9,14-18H2,(H2,26,27,28,33)/t22-/m0/s1. The SMILES string of the molecule is O=C(CCC(=O)OCCCc1ccccc1)NC(=S)Nc1ccc(OC[C@@H]2CCCO2)cc1. The molecule has 1 aliphatic rings. The van der Waals surface area contributed by atoms with E-state index in [1.54, 1.807) is 0 Å². The highest BCUT2D eigenvalue weighted by molar-refractivity contribution is 7.80. The number of hydrogen-bond acceptors (Lipinski definition) is 6. The first kappa shape index (κ1) is 24.7. The highest BCUT2D eigenvalue weighted by atomic mass is 32.1. The number of carbonyl (C=O) groups is 2. The number of amides is 1. The minimum absolute atomic E-state index is 0.00928. The van der Waals surface area contributed by atoms with Crippen LogP contribution in [0.1, 0.15) is 37.7 Å². The van der Waals surface area contributed by atoms with E-state index in [9.17, 15) is 9.59 Å². The van der Waals surface area contributed by atoms with Gasteiger partial charge in [-0.15, -0.1) is 0 Å². The Morgan fingerprint density at radius 2 is 1.85 bits per heavy atom. The van der Waals surface area contributed by atoms with Crippen LogP contribution in [0.15, 0.2) is 54.6 Å². The Morgan fingerprint density at radius 1 is 1.06 bits per heavy atom. The summed E-state index contributed by atoms with van der Waals surface area (Å²) >= 11 is 5.17. The maximum atomic E-state index is 12.1. The van der Waals surface area contributed by atoms with Crippen molar-refractivity contribution in [3.63, 3.8) is 0 Å². The first-order valence-electron chi connectivity index (χ1n) is 11.2. The lowest BCUT2D eigenvalue weighted by Crippen LogP contribution is -2.34. The molecular formula is C25H30N2O5S. The van der Waals surface area contributed by atoms with Crippen LogP contribution < -0.4 is 15.4 Å². The number of hydrogen-bond donors (Lipinski definition) is 2. The molecule has 0 unspecified atom stereocenters. The van der Waals surface area contributed by atoms with Gasteiger partial charge in [0, 0.05) is 18.7 Å². The second-order valence-corrected chi connectivity index (χ2v) is 8.19. The Balaban J connectivity index is 1.26. The largest absolute Gasteiger partial charge is 0.491 e. The number of ether oxygens (including phenoxy) is 3. The number of rotatable bonds is 11. The zero-order valence-corrected chi connectivity index (χ0v) is 19.4. The van der Waals surface area contributed by atoms with Crippen LogP contribution in [0, 0.1) is 0 Å². The number of nitrogens with one attached hydrogen (secondary N) is 2. The Labute approximate surface area is 199 Å². The van der Waals surface area contributed by atoms with Gasteiger partial charge in [0.05, 0.1) is 19.1 Å². The molecule has 1 aliphatic heterocycles. The van der Waals surface area contributed by atoms with Crippen LogP contribution in [-0.4, -0.2) is 42.9 Å². The van der Waals surface area contributed by atoms with E-state index in [-0.39, 0.29) is 30.0 Å². The number of thiocarbonyl (C=S) groups is 1. The van der Waals surface area contributed by atoms with Gasteiger partial charge in [-0.2, -0.15) is 0 Å². The fourth-order valence-corrected chi connectivity index (χ4v) is 3.58. The van der Waals surface area contributed by atoms with E-state index in [0.29, 0.717) is 13.2 Å².